The fourth-order valence-corrected chi connectivity index (χ4v) is 6.13. The highest BCUT2D eigenvalue weighted by Crippen LogP contribution is 2.69. The normalized spacial score (nSPS) is 21.4. The zero-order valence-electron chi connectivity index (χ0n) is 19.5. The van der Waals surface area contributed by atoms with Gasteiger partial charge in [-0.1, -0.05) is 42.5 Å². The Hall–Kier alpha value is -3.26. The maximum Gasteiger partial charge on any atom is 0.416 e. The molecule has 8 heteroatoms. The molecule has 4 aromatic rings. The molecule has 3 atom stereocenters. The average molecular weight is 515 g/mol. The number of thiazole rings is 1. The second-order valence-corrected chi connectivity index (χ2v) is 10.3. The molecule has 1 saturated carbocycles. The lowest BCUT2D eigenvalue weighted by molar-refractivity contribution is -0.137. The molecule has 1 unspecified atom stereocenters. The second-order valence-electron chi connectivity index (χ2n) is 9.14. The van der Waals surface area contributed by atoms with Gasteiger partial charge in [-0.05, 0) is 66.8 Å². The third-order valence-corrected chi connectivity index (χ3v) is 8.08. The third kappa shape index (κ3) is 4.28. The zero-order chi connectivity index (χ0) is 25.7. The van der Waals surface area contributed by atoms with Crippen molar-refractivity contribution in [3.8, 4) is 0 Å². The Morgan fingerprint density at radius 3 is 2.19 bits per heavy atom. The Morgan fingerprint density at radius 1 is 0.889 bits per heavy atom. The number of anilines is 1. The fraction of sp³-hybridized carbons (Fsp3) is 0.250. The molecule has 36 heavy (non-hydrogen) atoms. The standard InChI is InChI=1S/C28H23F5N2S/c1-16-17(2)36-26(35-16)34-15-24-25(18-6-4-3-5-7-18)27(24,19-8-10-22(29)11-9-19)20-12-21(28(31,32)33)14-23(30)13-20/h3-14,24-25H,15H2,1-2H3,(H,34,35)/t24?,25-,27+/m1/s1. The minimum Gasteiger partial charge on any atom is -0.361 e. The van der Waals surface area contributed by atoms with Gasteiger partial charge in [0.25, 0.3) is 0 Å². The van der Waals surface area contributed by atoms with Crippen LogP contribution in [0.4, 0.5) is 27.1 Å². The van der Waals surface area contributed by atoms with Gasteiger partial charge in [-0.15, -0.1) is 11.3 Å². The van der Waals surface area contributed by atoms with Crippen molar-refractivity contribution in [3.63, 3.8) is 0 Å². The zero-order valence-corrected chi connectivity index (χ0v) is 20.4. The quantitative estimate of drug-likeness (QED) is 0.265. The number of aryl methyl sites for hydroxylation is 2. The number of halogens is 5. The maximum absolute atomic E-state index is 14.7. The van der Waals surface area contributed by atoms with E-state index in [1.807, 2.05) is 44.2 Å². The molecule has 3 aromatic carbocycles. The van der Waals surface area contributed by atoms with E-state index in [2.05, 4.69) is 10.3 Å². The molecular formula is C28H23F5N2S. The fourth-order valence-electron chi connectivity index (χ4n) is 5.31. The summed E-state index contributed by atoms with van der Waals surface area (Å²) in [4.78, 5) is 5.59. The van der Waals surface area contributed by atoms with Gasteiger partial charge in [0.2, 0.25) is 0 Å². The first kappa shape index (κ1) is 24.4. The number of nitrogens with one attached hydrogen (secondary N) is 1. The first-order valence-corrected chi connectivity index (χ1v) is 12.3. The molecule has 0 spiro atoms. The van der Waals surface area contributed by atoms with Crippen molar-refractivity contribution in [2.24, 2.45) is 5.92 Å². The summed E-state index contributed by atoms with van der Waals surface area (Å²) >= 11 is 1.50. The van der Waals surface area contributed by atoms with Gasteiger partial charge in [0.15, 0.2) is 5.13 Å². The lowest BCUT2D eigenvalue weighted by atomic mass is 9.82. The van der Waals surface area contributed by atoms with Crippen LogP contribution in [0.25, 0.3) is 0 Å². The van der Waals surface area contributed by atoms with E-state index >= 15 is 0 Å². The topological polar surface area (TPSA) is 24.9 Å². The molecule has 1 aliphatic carbocycles. The second kappa shape index (κ2) is 9.00. The molecule has 0 saturated heterocycles. The highest BCUT2D eigenvalue weighted by molar-refractivity contribution is 7.15. The summed E-state index contributed by atoms with van der Waals surface area (Å²) in [5.74, 6) is -1.91. The Morgan fingerprint density at radius 2 is 1.58 bits per heavy atom. The minimum atomic E-state index is -4.71. The Bertz CT molecular complexity index is 1360. The van der Waals surface area contributed by atoms with E-state index in [0.717, 1.165) is 22.2 Å². The van der Waals surface area contributed by atoms with Gasteiger partial charge in [0.05, 0.1) is 11.3 Å². The molecule has 2 nitrogen and oxygen atoms in total. The van der Waals surface area contributed by atoms with Gasteiger partial charge in [0, 0.05) is 22.8 Å². The van der Waals surface area contributed by atoms with Gasteiger partial charge < -0.3 is 5.32 Å². The number of aromatic nitrogens is 1. The molecule has 0 aliphatic heterocycles. The number of rotatable bonds is 6. The highest BCUT2D eigenvalue weighted by Gasteiger charge is 2.66. The smallest absolute Gasteiger partial charge is 0.361 e. The summed E-state index contributed by atoms with van der Waals surface area (Å²) in [6.07, 6.45) is -4.71. The van der Waals surface area contributed by atoms with Gasteiger partial charge in [0.1, 0.15) is 11.6 Å². The van der Waals surface area contributed by atoms with Crippen LogP contribution < -0.4 is 5.32 Å². The molecule has 0 amide bonds. The first-order valence-electron chi connectivity index (χ1n) is 11.5. The van der Waals surface area contributed by atoms with Gasteiger partial charge >= 0.3 is 6.18 Å². The van der Waals surface area contributed by atoms with E-state index in [9.17, 15) is 22.0 Å². The van der Waals surface area contributed by atoms with Crippen molar-refractivity contribution in [2.45, 2.75) is 31.4 Å². The third-order valence-electron chi connectivity index (χ3n) is 7.05. The van der Waals surface area contributed by atoms with Crippen LogP contribution in [-0.2, 0) is 11.6 Å². The molecule has 186 valence electrons. The molecule has 1 fully saturated rings. The van der Waals surface area contributed by atoms with Crippen LogP contribution in [0, 0.1) is 31.4 Å². The summed E-state index contributed by atoms with van der Waals surface area (Å²) in [6.45, 7) is 4.27. The van der Waals surface area contributed by atoms with Crippen molar-refractivity contribution in [3.05, 3.63) is 117 Å². The van der Waals surface area contributed by atoms with E-state index in [0.29, 0.717) is 23.3 Å². The monoisotopic (exact) mass is 514 g/mol. The van der Waals surface area contributed by atoms with Crippen molar-refractivity contribution in [1.82, 2.24) is 4.98 Å². The Labute approximate surface area is 209 Å². The van der Waals surface area contributed by atoms with Crippen LogP contribution in [0.3, 0.4) is 0 Å². The van der Waals surface area contributed by atoms with Crippen molar-refractivity contribution in [2.75, 3.05) is 11.9 Å². The SMILES string of the molecule is Cc1nc(NCC2[C@@H](c3ccccc3)[C@@]2(c2ccc(F)cc2)c2cc(F)cc(C(F)(F)F)c2)sc1C. The summed E-state index contributed by atoms with van der Waals surface area (Å²) in [6, 6.07) is 17.9. The van der Waals surface area contributed by atoms with Crippen molar-refractivity contribution in [1.29, 1.82) is 0 Å². The average Bonchev–Trinajstić information content (AvgIpc) is 3.41. The molecule has 0 bridgehead atoms. The molecule has 0 radical (unpaired) electrons. The maximum atomic E-state index is 14.7. The lowest BCUT2D eigenvalue weighted by Gasteiger charge is -2.22. The molecule has 1 N–H and O–H groups in total. The van der Waals surface area contributed by atoms with E-state index in [-0.39, 0.29) is 17.4 Å². The lowest BCUT2D eigenvalue weighted by Crippen LogP contribution is -2.19. The highest BCUT2D eigenvalue weighted by atomic mass is 32.1. The largest absolute Gasteiger partial charge is 0.416 e. The Balaban J connectivity index is 1.67. The van der Waals surface area contributed by atoms with E-state index < -0.39 is 28.8 Å². The van der Waals surface area contributed by atoms with Crippen LogP contribution in [0.1, 0.15) is 38.7 Å². The number of benzene rings is 3. The molecular weight excluding hydrogens is 491 g/mol. The van der Waals surface area contributed by atoms with Gasteiger partial charge in [-0.3, -0.25) is 0 Å². The van der Waals surface area contributed by atoms with Crippen molar-refractivity contribution < 1.29 is 22.0 Å². The summed E-state index contributed by atoms with van der Waals surface area (Å²) < 4.78 is 69.7. The van der Waals surface area contributed by atoms with Crippen LogP contribution in [-0.4, -0.2) is 11.5 Å². The van der Waals surface area contributed by atoms with Crippen LogP contribution >= 0.6 is 11.3 Å². The summed E-state index contributed by atoms with van der Waals surface area (Å²) in [5, 5.41) is 4.07. The van der Waals surface area contributed by atoms with Crippen LogP contribution in [0.5, 0.6) is 0 Å². The van der Waals surface area contributed by atoms with E-state index in [1.54, 1.807) is 12.1 Å². The van der Waals surface area contributed by atoms with Gasteiger partial charge in [-0.2, -0.15) is 13.2 Å². The number of hydrogen-bond donors (Lipinski definition) is 1. The summed E-state index contributed by atoms with van der Waals surface area (Å²) in [5.41, 5.74) is 0.630. The summed E-state index contributed by atoms with van der Waals surface area (Å²) in [7, 11) is 0. The van der Waals surface area contributed by atoms with Crippen LogP contribution in [0.2, 0.25) is 0 Å². The molecule has 1 aliphatic rings. The number of hydrogen-bond acceptors (Lipinski definition) is 3. The Kier molecular flexibility index (Phi) is 6.11. The number of nitrogens with zero attached hydrogens (tertiary/aromatic N) is 1. The number of alkyl halides is 3. The van der Waals surface area contributed by atoms with Crippen molar-refractivity contribution >= 4 is 16.5 Å². The molecule has 1 aromatic heterocycles. The van der Waals surface area contributed by atoms with E-state index in [1.165, 1.54) is 29.5 Å². The van der Waals surface area contributed by atoms with Crippen LogP contribution in [0.15, 0.2) is 72.8 Å². The predicted octanol–water partition coefficient (Wildman–Crippen LogP) is 7.87. The first-order chi connectivity index (χ1) is 17.1. The minimum absolute atomic E-state index is 0.216. The van der Waals surface area contributed by atoms with E-state index in [4.69, 9.17) is 0 Å². The predicted molar refractivity (Wildman–Crippen MR) is 131 cm³/mol. The molecule has 5 rings (SSSR count). The molecule has 1 heterocycles. The van der Waals surface area contributed by atoms with Gasteiger partial charge in [-0.25, -0.2) is 13.8 Å².